The van der Waals surface area contributed by atoms with Crippen LogP contribution in [0.2, 0.25) is 0 Å². The van der Waals surface area contributed by atoms with Crippen LogP contribution in [0.15, 0.2) is 97.1 Å². The summed E-state index contributed by atoms with van der Waals surface area (Å²) < 4.78 is 60.5. The van der Waals surface area contributed by atoms with Crippen molar-refractivity contribution in [1.29, 1.82) is 0 Å². The van der Waals surface area contributed by atoms with Crippen LogP contribution in [-0.4, -0.2) is 58.9 Å². The lowest BCUT2D eigenvalue weighted by Gasteiger charge is -2.31. The van der Waals surface area contributed by atoms with E-state index in [9.17, 15) is 36.7 Å². The van der Waals surface area contributed by atoms with Crippen molar-refractivity contribution in [3.05, 3.63) is 131 Å². The Hall–Kier alpha value is -5.72. The molecular formula is C49H56F4N4O5. The average molecular weight is 857 g/mol. The van der Waals surface area contributed by atoms with Gasteiger partial charge in [-0.05, 0) is 97.7 Å². The van der Waals surface area contributed by atoms with Gasteiger partial charge in [0.1, 0.15) is 18.4 Å². The molecule has 0 saturated carbocycles. The number of ether oxygens (including phenoxy) is 1. The first kappa shape index (κ1) is 45.8. The first-order valence-electron chi connectivity index (χ1n) is 21.8. The van der Waals surface area contributed by atoms with Gasteiger partial charge in [-0.1, -0.05) is 106 Å². The maximum Gasteiger partial charge on any atom is 0.418 e. The molecule has 2 aliphatic rings. The van der Waals surface area contributed by atoms with Crippen molar-refractivity contribution in [2.24, 2.45) is 0 Å². The van der Waals surface area contributed by atoms with E-state index in [1.807, 2.05) is 30.3 Å². The smallest absolute Gasteiger partial charge is 0.418 e. The van der Waals surface area contributed by atoms with E-state index in [0.29, 0.717) is 41.2 Å². The summed E-state index contributed by atoms with van der Waals surface area (Å²) in [6.45, 7) is -0.0509. The highest BCUT2D eigenvalue weighted by atomic mass is 19.4. The maximum atomic E-state index is 13.8. The van der Waals surface area contributed by atoms with Gasteiger partial charge in [-0.3, -0.25) is 14.4 Å². The molecule has 6 rings (SSSR count). The maximum absolute atomic E-state index is 13.8. The number of nitrogens with one attached hydrogen (secondary N) is 2. The molecule has 330 valence electrons. The molecule has 2 atom stereocenters. The molecule has 2 N–H and O–H groups in total. The molecule has 4 amide bonds. The normalized spacial score (nSPS) is 16.3. The Morgan fingerprint density at radius 2 is 1.39 bits per heavy atom. The van der Waals surface area contributed by atoms with Crippen molar-refractivity contribution in [3.63, 3.8) is 0 Å². The Bertz CT molecular complexity index is 2130. The average Bonchev–Trinajstić information content (AvgIpc) is 3.73. The number of benzene rings is 4. The number of halogens is 4. The molecule has 1 fully saturated rings. The predicted molar refractivity (Wildman–Crippen MR) is 231 cm³/mol. The number of carbonyl (C=O) groups excluding carboxylic acids is 4. The van der Waals surface area contributed by atoms with Crippen LogP contribution in [0.3, 0.4) is 0 Å². The summed E-state index contributed by atoms with van der Waals surface area (Å²) in [6, 6.07) is 26.2. The van der Waals surface area contributed by atoms with Crippen molar-refractivity contribution in [1.82, 2.24) is 9.80 Å². The molecule has 13 heteroatoms. The molecule has 9 nitrogen and oxygen atoms in total. The van der Waals surface area contributed by atoms with Crippen molar-refractivity contribution in [3.8, 4) is 0 Å². The minimum Gasteiger partial charge on any atom is -0.427 e. The third-order valence-electron chi connectivity index (χ3n) is 11.9. The Morgan fingerprint density at radius 1 is 0.774 bits per heavy atom. The molecule has 62 heavy (non-hydrogen) atoms. The largest absolute Gasteiger partial charge is 0.427 e. The summed E-state index contributed by atoms with van der Waals surface area (Å²) in [5, 5.41) is 6.38. The van der Waals surface area contributed by atoms with E-state index in [0.717, 1.165) is 67.2 Å². The molecule has 4 aromatic rings. The van der Waals surface area contributed by atoms with Crippen LogP contribution in [0.4, 0.5) is 33.7 Å². The van der Waals surface area contributed by atoms with Gasteiger partial charge >= 0.3 is 12.3 Å². The second-order valence-electron chi connectivity index (χ2n) is 16.4. The number of anilines is 2. The van der Waals surface area contributed by atoms with Crippen LogP contribution in [0.25, 0.3) is 0 Å². The molecular weight excluding hydrogens is 801 g/mol. The number of imide groups is 1. The van der Waals surface area contributed by atoms with Gasteiger partial charge in [0.25, 0.3) is 5.91 Å². The zero-order chi connectivity index (χ0) is 44.1. The Morgan fingerprint density at radius 3 is 2.06 bits per heavy atom. The highest BCUT2D eigenvalue weighted by molar-refractivity contribution is 6.06. The number of aryl methyl sites for hydroxylation is 2. The van der Waals surface area contributed by atoms with Crippen molar-refractivity contribution in [2.75, 3.05) is 23.7 Å². The third kappa shape index (κ3) is 12.2. The summed E-state index contributed by atoms with van der Waals surface area (Å²) in [5.74, 6) is -2.48. The lowest BCUT2D eigenvalue weighted by molar-refractivity contribution is -0.187. The van der Waals surface area contributed by atoms with Crippen LogP contribution >= 0.6 is 0 Å². The quantitative estimate of drug-likeness (QED) is 0.0602. The van der Waals surface area contributed by atoms with Crippen LogP contribution in [0.5, 0.6) is 0 Å². The standard InChI is InChI=1S/C49H56F4N4O5/c1-35(49(51,52)53)56(33-38-18-22-40(50)23-19-38)45(59)34-57-46(60)48(62-47(57)61)30-28-39-32-42(26-27-43(39)48)54-31-29-37-20-24-41(25-21-37)55-44(58)17-13-8-6-4-2-3-5-7-10-14-36-15-11-9-12-16-36/h9,11-12,15-16,18-27,32,35,54H,2-8,10,13-14,17,28-31,33-34H2,1H3,(H,55,58)/t35-,48+/m0/s1. The fourth-order valence-corrected chi connectivity index (χ4v) is 8.22. The molecule has 4 aromatic carbocycles. The van der Waals surface area contributed by atoms with Crippen LogP contribution in [0, 0.1) is 5.82 Å². The van der Waals surface area contributed by atoms with E-state index in [1.54, 1.807) is 12.1 Å². The molecule has 0 radical (unpaired) electrons. The van der Waals surface area contributed by atoms with E-state index < -0.39 is 54.6 Å². The van der Waals surface area contributed by atoms with Gasteiger partial charge in [0.05, 0.1) is 0 Å². The number of hydrogen-bond acceptors (Lipinski definition) is 6. The Balaban J connectivity index is 0.899. The summed E-state index contributed by atoms with van der Waals surface area (Å²) in [7, 11) is 0. The van der Waals surface area contributed by atoms with E-state index >= 15 is 0 Å². The number of nitrogens with zero attached hydrogens (tertiary/aromatic N) is 2. The van der Waals surface area contributed by atoms with E-state index in [1.165, 1.54) is 56.2 Å². The van der Waals surface area contributed by atoms with Gasteiger partial charge in [-0.25, -0.2) is 14.1 Å². The molecule has 0 aromatic heterocycles. The van der Waals surface area contributed by atoms with Crippen LogP contribution in [-0.2, 0) is 50.5 Å². The molecule has 1 aliphatic carbocycles. The minimum atomic E-state index is -4.80. The topological polar surface area (TPSA) is 108 Å². The van der Waals surface area contributed by atoms with E-state index in [-0.39, 0.29) is 17.9 Å². The predicted octanol–water partition coefficient (Wildman–Crippen LogP) is 10.7. The summed E-state index contributed by atoms with van der Waals surface area (Å²) >= 11 is 0. The molecule has 0 unspecified atom stereocenters. The lowest BCUT2D eigenvalue weighted by atomic mass is 9.94. The zero-order valence-corrected chi connectivity index (χ0v) is 35.3. The highest BCUT2D eigenvalue weighted by Crippen LogP contribution is 2.46. The van der Waals surface area contributed by atoms with Gasteiger partial charge in [0.15, 0.2) is 0 Å². The zero-order valence-electron chi connectivity index (χ0n) is 35.3. The van der Waals surface area contributed by atoms with E-state index in [4.69, 9.17) is 4.74 Å². The van der Waals surface area contributed by atoms with Gasteiger partial charge in [-0.2, -0.15) is 13.2 Å². The number of fused-ring (bicyclic) bond motifs is 2. The number of alkyl halides is 3. The molecule has 0 bridgehead atoms. The number of hydrogen-bond donors (Lipinski definition) is 2. The second kappa shape index (κ2) is 21.4. The molecule has 1 spiro atoms. The monoisotopic (exact) mass is 856 g/mol. The Labute approximate surface area is 361 Å². The number of unbranched alkanes of at least 4 members (excludes halogenated alkanes) is 8. The van der Waals surface area contributed by atoms with Crippen LogP contribution < -0.4 is 10.6 Å². The number of rotatable bonds is 22. The first-order chi connectivity index (χ1) is 29.8. The second-order valence-corrected chi connectivity index (χ2v) is 16.4. The van der Waals surface area contributed by atoms with Gasteiger partial charge < -0.3 is 20.3 Å². The lowest BCUT2D eigenvalue weighted by Crippen LogP contribution is -2.51. The molecule has 1 heterocycles. The van der Waals surface area contributed by atoms with Gasteiger partial charge in [-0.15, -0.1) is 0 Å². The van der Waals surface area contributed by atoms with Gasteiger partial charge in [0, 0.05) is 42.9 Å². The highest BCUT2D eigenvalue weighted by Gasteiger charge is 2.58. The molecule has 1 aliphatic heterocycles. The third-order valence-corrected chi connectivity index (χ3v) is 11.9. The van der Waals surface area contributed by atoms with Crippen LogP contribution in [0.1, 0.15) is 105 Å². The van der Waals surface area contributed by atoms with E-state index in [2.05, 4.69) is 41.0 Å². The summed E-state index contributed by atoms with van der Waals surface area (Å²) in [6.07, 6.45) is 7.63. The minimum absolute atomic E-state index is 0.0206. The number of amides is 4. The molecule has 1 saturated heterocycles. The van der Waals surface area contributed by atoms with Crippen molar-refractivity contribution in [2.45, 2.75) is 121 Å². The SMILES string of the molecule is C[C@H](N(Cc1ccc(F)cc1)C(=O)CN1C(=O)O[C@@]2(CCc3cc(NCCc4ccc(NC(=O)CCCCCCCCCCCc5ccccc5)cc4)ccc32)C1=O)C(F)(F)F. The number of carbonyl (C=O) groups is 4. The van der Waals surface area contributed by atoms with Gasteiger partial charge in [0.2, 0.25) is 17.4 Å². The fourth-order valence-electron chi connectivity index (χ4n) is 8.22. The van der Waals surface area contributed by atoms with Crippen molar-refractivity contribution >= 4 is 35.2 Å². The van der Waals surface area contributed by atoms with Crippen molar-refractivity contribution < 1.29 is 41.5 Å². The summed E-state index contributed by atoms with van der Waals surface area (Å²) in [5.41, 5.74) is 3.85. The Kier molecular flexibility index (Phi) is 15.8. The fraction of sp³-hybridized carbons (Fsp3) is 0.429. The summed E-state index contributed by atoms with van der Waals surface area (Å²) in [4.78, 5) is 53.8. The first-order valence-corrected chi connectivity index (χ1v) is 21.8.